The number of carbonyl (C=O) groups is 1. The van der Waals surface area contributed by atoms with Crippen LogP contribution in [0.25, 0.3) is 0 Å². The van der Waals surface area contributed by atoms with E-state index in [0.29, 0.717) is 0 Å². The van der Waals surface area contributed by atoms with Gasteiger partial charge in [0.25, 0.3) is 5.91 Å². The van der Waals surface area contributed by atoms with Crippen LogP contribution in [0.1, 0.15) is 23.2 Å². The Balaban J connectivity index is 1.94. The predicted molar refractivity (Wildman–Crippen MR) is 71.5 cm³/mol. The van der Waals surface area contributed by atoms with E-state index in [2.05, 4.69) is 10.6 Å². The Bertz CT molecular complexity index is 529. The second-order valence-corrected chi connectivity index (χ2v) is 5.32. The molecule has 1 aromatic carbocycles. The predicted octanol–water partition coefficient (Wildman–Crippen LogP) is 2.46. The van der Waals surface area contributed by atoms with Crippen LogP contribution in [0.15, 0.2) is 18.2 Å². The van der Waals surface area contributed by atoms with E-state index < -0.39 is 24.2 Å². The van der Waals surface area contributed by atoms with Crippen LogP contribution in [0, 0.1) is 0 Å². The Morgan fingerprint density at radius 1 is 1.38 bits per heavy atom. The van der Waals surface area contributed by atoms with E-state index in [0.717, 1.165) is 0 Å². The summed E-state index contributed by atoms with van der Waals surface area (Å²) in [5, 5.41) is 14.5. The molecule has 8 heteroatoms. The number of hydrogen-bond donors (Lipinski definition) is 3. The quantitative estimate of drug-likeness (QED) is 0.784. The van der Waals surface area contributed by atoms with Gasteiger partial charge in [0.2, 0.25) is 0 Å². The van der Waals surface area contributed by atoms with Gasteiger partial charge in [0.1, 0.15) is 11.8 Å². The van der Waals surface area contributed by atoms with E-state index >= 15 is 0 Å². The maximum Gasteiger partial charge on any atom is 0.403 e. The number of halogens is 4. The van der Waals surface area contributed by atoms with Crippen molar-refractivity contribution in [1.82, 2.24) is 10.6 Å². The lowest BCUT2D eigenvalue weighted by molar-refractivity contribution is -0.160. The normalized spacial score (nSPS) is 22.9. The van der Waals surface area contributed by atoms with Crippen LogP contribution in [-0.4, -0.2) is 35.8 Å². The molecular weight excluding hydrogens is 309 g/mol. The minimum absolute atomic E-state index is 0.0341. The van der Waals surface area contributed by atoms with E-state index in [-0.39, 0.29) is 35.7 Å². The average molecular weight is 323 g/mol. The number of alkyl halides is 3. The number of rotatable bonds is 2. The Kier molecular flexibility index (Phi) is 4.63. The Morgan fingerprint density at radius 3 is 2.67 bits per heavy atom. The fourth-order valence-electron chi connectivity index (χ4n) is 2.21. The second kappa shape index (κ2) is 6.11. The molecule has 0 bridgehead atoms. The zero-order valence-electron chi connectivity index (χ0n) is 10.9. The summed E-state index contributed by atoms with van der Waals surface area (Å²) in [4.78, 5) is 12.0. The molecule has 4 nitrogen and oxygen atoms in total. The van der Waals surface area contributed by atoms with Crippen molar-refractivity contribution in [3.05, 3.63) is 28.8 Å². The van der Waals surface area contributed by atoms with E-state index in [9.17, 15) is 23.1 Å². The molecule has 2 rings (SSSR count). The van der Waals surface area contributed by atoms with E-state index in [1.54, 1.807) is 0 Å². The van der Waals surface area contributed by atoms with Gasteiger partial charge in [-0.1, -0.05) is 11.6 Å². The van der Waals surface area contributed by atoms with Crippen molar-refractivity contribution in [2.75, 3.05) is 6.54 Å². The lowest BCUT2D eigenvalue weighted by Gasteiger charge is -2.31. The molecule has 3 N–H and O–H groups in total. The molecule has 21 heavy (non-hydrogen) atoms. The van der Waals surface area contributed by atoms with Gasteiger partial charge in [-0.3, -0.25) is 4.79 Å². The third kappa shape index (κ3) is 4.01. The van der Waals surface area contributed by atoms with Gasteiger partial charge in [0.15, 0.2) is 0 Å². The molecule has 1 amide bonds. The first-order valence-corrected chi connectivity index (χ1v) is 6.74. The van der Waals surface area contributed by atoms with E-state index in [1.165, 1.54) is 18.2 Å². The highest BCUT2D eigenvalue weighted by Gasteiger charge is 2.41. The summed E-state index contributed by atoms with van der Waals surface area (Å²) in [6.45, 7) is 0.0341. The van der Waals surface area contributed by atoms with Crippen molar-refractivity contribution in [3.8, 4) is 5.75 Å². The standard InChI is InChI=1S/C13H14ClF3N2O2/c14-10-3-2-8(20)5-9(10)12(21)19-7-1-4-11(18-6-7)13(15,16)17/h2-3,5,7,11,18,20H,1,4,6H2,(H,19,21). The zero-order valence-corrected chi connectivity index (χ0v) is 11.6. The summed E-state index contributed by atoms with van der Waals surface area (Å²) in [6, 6.07) is 2.00. The van der Waals surface area contributed by atoms with Crippen LogP contribution in [0.5, 0.6) is 5.75 Å². The van der Waals surface area contributed by atoms with Crippen LogP contribution in [0.3, 0.4) is 0 Å². The topological polar surface area (TPSA) is 61.4 Å². The third-order valence-corrected chi connectivity index (χ3v) is 3.67. The first kappa shape index (κ1) is 15.9. The van der Waals surface area contributed by atoms with Crippen molar-refractivity contribution in [2.24, 2.45) is 0 Å². The SMILES string of the molecule is O=C(NC1CCC(C(F)(F)F)NC1)c1cc(O)ccc1Cl. The molecule has 2 atom stereocenters. The maximum atomic E-state index is 12.5. The van der Waals surface area contributed by atoms with Crippen molar-refractivity contribution < 1.29 is 23.1 Å². The second-order valence-electron chi connectivity index (χ2n) is 4.91. The first-order valence-electron chi connectivity index (χ1n) is 6.37. The summed E-state index contributed by atoms with van der Waals surface area (Å²) in [5.41, 5.74) is 0.0922. The van der Waals surface area contributed by atoms with Crippen molar-refractivity contribution in [2.45, 2.75) is 31.1 Å². The number of phenols is 1. The van der Waals surface area contributed by atoms with Gasteiger partial charge in [0, 0.05) is 12.6 Å². The van der Waals surface area contributed by atoms with E-state index in [1.807, 2.05) is 0 Å². The highest BCUT2D eigenvalue weighted by molar-refractivity contribution is 6.33. The number of benzene rings is 1. The van der Waals surface area contributed by atoms with Crippen LogP contribution in [-0.2, 0) is 0 Å². The number of piperidine rings is 1. The van der Waals surface area contributed by atoms with Gasteiger partial charge in [-0.05, 0) is 31.0 Å². The maximum absolute atomic E-state index is 12.5. The minimum atomic E-state index is -4.27. The summed E-state index contributed by atoms with van der Waals surface area (Å²) < 4.78 is 37.5. The lowest BCUT2D eigenvalue weighted by atomic mass is 10.00. The highest BCUT2D eigenvalue weighted by atomic mass is 35.5. The molecule has 1 fully saturated rings. The summed E-state index contributed by atoms with van der Waals surface area (Å²) in [5.74, 6) is -0.628. The lowest BCUT2D eigenvalue weighted by Crippen LogP contribution is -2.54. The largest absolute Gasteiger partial charge is 0.508 e. The fraction of sp³-hybridized carbons (Fsp3) is 0.462. The Hall–Kier alpha value is -1.47. The summed E-state index contributed by atoms with van der Waals surface area (Å²) in [7, 11) is 0. The van der Waals surface area contributed by atoms with Gasteiger partial charge < -0.3 is 15.7 Å². The zero-order chi connectivity index (χ0) is 15.6. The van der Waals surface area contributed by atoms with Gasteiger partial charge in [-0.2, -0.15) is 13.2 Å². The molecule has 1 heterocycles. The Labute approximate surface area is 124 Å². The highest BCUT2D eigenvalue weighted by Crippen LogP contribution is 2.26. The summed E-state index contributed by atoms with van der Waals surface area (Å²) >= 11 is 5.86. The van der Waals surface area contributed by atoms with E-state index in [4.69, 9.17) is 11.6 Å². The Morgan fingerprint density at radius 2 is 2.10 bits per heavy atom. The molecule has 1 aliphatic rings. The number of aromatic hydroxyl groups is 1. The van der Waals surface area contributed by atoms with Crippen LogP contribution < -0.4 is 10.6 Å². The molecule has 0 radical (unpaired) electrons. The number of phenolic OH excluding ortho intramolecular Hbond substituents is 1. The fourth-order valence-corrected chi connectivity index (χ4v) is 2.41. The van der Waals surface area contributed by atoms with Crippen LogP contribution in [0.2, 0.25) is 5.02 Å². The molecule has 1 saturated heterocycles. The van der Waals surface area contributed by atoms with Crippen molar-refractivity contribution >= 4 is 17.5 Å². The molecular formula is C13H14ClF3N2O2. The molecule has 0 aliphatic carbocycles. The van der Waals surface area contributed by atoms with Gasteiger partial charge in [-0.25, -0.2) is 0 Å². The smallest absolute Gasteiger partial charge is 0.403 e. The van der Waals surface area contributed by atoms with Crippen LogP contribution >= 0.6 is 11.6 Å². The molecule has 1 aromatic rings. The van der Waals surface area contributed by atoms with Crippen LogP contribution in [0.4, 0.5) is 13.2 Å². The first-order chi connectivity index (χ1) is 9.77. The molecule has 0 saturated carbocycles. The minimum Gasteiger partial charge on any atom is -0.508 e. The van der Waals surface area contributed by atoms with Gasteiger partial charge in [-0.15, -0.1) is 0 Å². The molecule has 0 aromatic heterocycles. The van der Waals surface area contributed by atoms with Crippen molar-refractivity contribution in [3.63, 3.8) is 0 Å². The summed E-state index contributed by atoms with van der Waals surface area (Å²) in [6.07, 6.45) is -4.15. The molecule has 1 aliphatic heterocycles. The number of nitrogens with one attached hydrogen (secondary N) is 2. The van der Waals surface area contributed by atoms with Gasteiger partial charge in [0.05, 0.1) is 10.6 Å². The van der Waals surface area contributed by atoms with Crippen molar-refractivity contribution in [1.29, 1.82) is 0 Å². The average Bonchev–Trinajstić information content (AvgIpc) is 2.41. The number of carbonyl (C=O) groups excluding carboxylic acids is 1. The molecule has 2 unspecified atom stereocenters. The molecule has 116 valence electrons. The molecule has 0 spiro atoms. The monoisotopic (exact) mass is 322 g/mol. The number of hydrogen-bond acceptors (Lipinski definition) is 3. The number of amides is 1. The van der Waals surface area contributed by atoms with Gasteiger partial charge >= 0.3 is 6.18 Å². The third-order valence-electron chi connectivity index (χ3n) is 3.34.